The molecule has 0 unspecified atom stereocenters. The second-order valence-corrected chi connectivity index (χ2v) is 3.91. The summed E-state index contributed by atoms with van der Waals surface area (Å²) in [5.41, 5.74) is 2.62. The first-order chi connectivity index (χ1) is 7.63. The molecule has 2 aromatic rings. The molecule has 1 heterocycles. The van der Waals surface area contributed by atoms with E-state index in [2.05, 4.69) is 10.3 Å². The number of nitrogens with one attached hydrogen (secondary N) is 2. The van der Waals surface area contributed by atoms with Gasteiger partial charge in [-0.05, 0) is 18.2 Å². The highest BCUT2D eigenvalue weighted by Gasteiger charge is 2.13. The number of amides is 1. The molecule has 0 spiro atoms. The van der Waals surface area contributed by atoms with Crippen LogP contribution in [0.25, 0.3) is 10.9 Å². The predicted octanol–water partition coefficient (Wildman–Crippen LogP) is 1.91. The van der Waals surface area contributed by atoms with Gasteiger partial charge in [-0.25, -0.2) is 0 Å². The van der Waals surface area contributed by atoms with Gasteiger partial charge in [0.1, 0.15) is 0 Å². The van der Waals surface area contributed by atoms with Crippen molar-refractivity contribution in [3.63, 3.8) is 0 Å². The summed E-state index contributed by atoms with van der Waals surface area (Å²) in [5.74, 6) is 0.0155. The van der Waals surface area contributed by atoms with Crippen LogP contribution in [-0.2, 0) is 0 Å². The second-order valence-electron chi connectivity index (χ2n) is 3.91. The number of anilines is 1. The minimum atomic E-state index is 0.0155. The Hall–Kier alpha value is -1.97. The molecule has 16 heavy (non-hydrogen) atoms. The second kappa shape index (κ2) is 3.89. The number of aromatic nitrogens is 1. The molecular weight excluding hydrogens is 202 g/mol. The van der Waals surface area contributed by atoms with Crippen molar-refractivity contribution in [3.05, 3.63) is 30.0 Å². The minimum absolute atomic E-state index is 0.0155. The lowest BCUT2D eigenvalue weighted by atomic mass is 10.1. The van der Waals surface area contributed by atoms with Crippen molar-refractivity contribution in [2.75, 3.05) is 26.5 Å². The number of carbonyl (C=O) groups excluding carboxylic acids is 1. The maximum atomic E-state index is 12.0. The van der Waals surface area contributed by atoms with E-state index in [0.29, 0.717) is 5.56 Å². The topological polar surface area (TPSA) is 48.1 Å². The summed E-state index contributed by atoms with van der Waals surface area (Å²) < 4.78 is 0. The number of hydrogen-bond acceptors (Lipinski definition) is 2. The van der Waals surface area contributed by atoms with Crippen LogP contribution in [0.2, 0.25) is 0 Å². The van der Waals surface area contributed by atoms with E-state index in [-0.39, 0.29) is 5.91 Å². The van der Waals surface area contributed by atoms with Gasteiger partial charge in [0, 0.05) is 43.9 Å². The number of nitrogens with zero attached hydrogens (tertiary/aromatic N) is 1. The molecular formula is C12H15N3O. The average molecular weight is 217 g/mol. The van der Waals surface area contributed by atoms with E-state index >= 15 is 0 Å². The molecule has 4 heteroatoms. The number of H-pyrrole nitrogens is 1. The largest absolute Gasteiger partial charge is 0.388 e. The molecule has 0 saturated heterocycles. The lowest BCUT2D eigenvalue weighted by molar-refractivity contribution is 0.0829. The van der Waals surface area contributed by atoms with Crippen LogP contribution in [0.5, 0.6) is 0 Å². The van der Waals surface area contributed by atoms with Gasteiger partial charge in [-0.2, -0.15) is 0 Å². The van der Waals surface area contributed by atoms with Crippen molar-refractivity contribution in [2.45, 2.75) is 0 Å². The number of rotatable bonds is 2. The van der Waals surface area contributed by atoms with Gasteiger partial charge in [-0.1, -0.05) is 0 Å². The molecule has 0 saturated carbocycles. The fourth-order valence-electron chi connectivity index (χ4n) is 1.73. The summed E-state index contributed by atoms with van der Waals surface area (Å²) in [7, 11) is 5.35. The SMILES string of the molecule is CNc1cc(C(=O)N(C)C)c2cc[nH]c2c1. The molecule has 0 radical (unpaired) electrons. The summed E-state index contributed by atoms with van der Waals surface area (Å²) in [6.07, 6.45) is 1.84. The number of carbonyl (C=O) groups is 1. The van der Waals surface area contributed by atoms with Crippen LogP contribution in [0.1, 0.15) is 10.4 Å². The number of hydrogen-bond donors (Lipinski definition) is 2. The first-order valence-electron chi connectivity index (χ1n) is 5.14. The Balaban J connectivity index is 2.65. The van der Waals surface area contributed by atoms with E-state index in [9.17, 15) is 4.79 Å². The summed E-state index contributed by atoms with van der Waals surface area (Å²) in [5, 5.41) is 4.01. The fraction of sp³-hybridized carbons (Fsp3) is 0.250. The van der Waals surface area contributed by atoms with Gasteiger partial charge < -0.3 is 15.2 Å². The van der Waals surface area contributed by atoms with Crippen molar-refractivity contribution < 1.29 is 4.79 Å². The van der Waals surface area contributed by atoms with Gasteiger partial charge in [0.15, 0.2) is 0 Å². The Labute approximate surface area is 94.3 Å². The standard InChI is InChI=1S/C12H15N3O/c1-13-8-6-10(12(16)15(2)3)9-4-5-14-11(9)7-8/h4-7,13-14H,1-3H3. The monoisotopic (exact) mass is 217 g/mol. The molecule has 0 atom stereocenters. The average Bonchev–Trinajstić information content (AvgIpc) is 2.74. The first kappa shape index (κ1) is 10.5. The molecule has 2 rings (SSSR count). The summed E-state index contributed by atoms with van der Waals surface area (Å²) in [6.45, 7) is 0. The van der Waals surface area contributed by atoms with Crippen LogP contribution >= 0.6 is 0 Å². The van der Waals surface area contributed by atoms with Crippen molar-refractivity contribution >= 4 is 22.5 Å². The highest BCUT2D eigenvalue weighted by atomic mass is 16.2. The molecule has 0 fully saturated rings. The van der Waals surface area contributed by atoms with Crippen molar-refractivity contribution in [2.24, 2.45) is 0 Å². The molecule has 84 valence electrons. The summed E-state index contributed by atoms with van der Waals surface area (Å²) in [4.78, 5) is 16.7. The lowest BCUT2D eigenvalue weighted by Crippen LogP contribution is -2.21. The van der Waals surface area contributed by atoms with E-state index in [1.165, 1.54) is 0 Å². The van der Waals surface area contributed by atoms with Gasteiger partial charge in [-0.3, -0.25) is 4.79 Å². The third-order valence-corrected chi connectivity index (χ3v) is 2.59. The van der Waals surface area contributed by atoms with Crippen molar-refractivity contribution in [3.8, 4) is 0 Å². The van der Waals surface area contributed by atoms with E-state index in [4.69, 9.17) is 0 Å². The molecule has 0 aliphatic carbocycles. The number of aromatic amines is 1. The van der Waals surface area contributed by atoms with Crippen molar-refractivity contribution in [1.29, 1.82) is 0 Å². The van der Waals surface area contributed by atoms with Crippen LogP contribution in [0, 0.1) is 0 Å². The molecule has 1 amide bonds. The Morgan fingerprint density at radius 1 is 1.38 bits per heavy atom. The molecule has 2 N–H and O–H groups in total. The lowest BCUT2D eigenvalue weighted by Gasteiger charge is -2.12. The zero-order valence-electron chi connectivity index (χ0n) is 9.66. The number of fused-ring (bicyclic) bond motifs is 1. The van der Waals surface area contributed by atoms with Gasteiger partial charge in [0.2, 0.25) is 0 Å². The van der Waals surface area contributed by atoms with Gasteiger partial charge in [0.05, 0.1) is 5.56 Å². The Morgan fingerprint density at radius 2 is 2.12 bits per heavy atom. The molecule has 0 aliphatic heterocycles. The highest BCUT2D eigenvalue weighted by Crippen LogP contribution is 2.23. The zero-order valence-corrected chi connectivity index (χ0v) is 9.66. The van der Waals surface area contributed by atoms with Crippen LogP contribution in [0.3, 0.4) is 0 Å². The smallest absolute Gasteiger partial charge is 0.254 e. The first-order valence-corrected chi connectivity index (χ1v) is 5.14. The molecule has 0 bridgehead atoms. The van der Waals surface area contributed by atoms with E-state index < -0.39 is 0 Å². The van der Waals surface area contributed by atoms with Crippen LogP contribution < -0.4 is 5.32 Å². The van der Waals surface area contributed by atoms with Crippen LogP contribution in [0.15, 0.2) is 24.4 Å². The zero-order chi connectivity index (χ0) is 11.7. The van der Waals surface area contributed by atoms with E-state index in [1.807, 2.05) is 31.4 Å². The fourth-order valence-corrected chi connectivity index (χ4v) is 1.73. The third kappa shape index (κ3) is 1.62. The molecule has 1 aromatic carbocycles. The van der Waals surface area contributed by atoms with Gasteiger partial charge in [0.25, 0.3) is 5.91 Å². The normalized spacial score (nSPS) is 10.4. The minimum Gasteiger partial charge on any atom is -0.388 e. The predicted molar refractivity (Wildman–Crippen MR) is 65.9 cm³/mol. The van der Waals surface area contributed by atoms with Crippen LogP contribution in [0.4, 0.5) is 5.69 Å². The summed E-state index contributed by atoms with van der Waals surface area (Å²) >= 11 is 0. The quantitative estimate of drug-likeness (QED) is 0.807. The summed E-state index contributed by atoms with van der Waals surface area (Å²) in [6, 6.07) is 5.78. The molecule has 0 aliphatic rings. The molecule has 4 nitrogen and oxygen atoms in total. The Bertz CT molecular complexity index is 528. The van der Waals surface area contributed by atoms with E-state index in [0.717, 1.165) is 16.6 Å². The Kier molecular flexibility index (Phi) is 2.56. The van der Waals surface area contributed by atoms with Crippen LogP contribution in [-0.4, -0.2) is 36.9 Å². The highest BCUT2D eigenvalue weighted by molar-refractivity contribution is 6.07. The maximum absolute atomic E-state index is 12.0. The number of benzene rings is 1. The van der Waals surface area contributed by atoms with E-state index in [1.54, 1.807) is 19.0 Å². The van der Waals surface area contributed by atoms with Crippen molar-refractivity contribution in [1.82, 2.24) is 9.88 Å². The maximum Gasteiger partial charge on any atom is 0.254 e. The van der Waals surface area contributed by atoms with Gasteiger partial charge in [-0.15, -0.1) is 0 Å². The Morgan fingerprint density at radius 3 is 2.75 bits per heavy atom. The van der Waals surface area contributed by atoms with Gasteiger partial charge >= 0.3 is 0 Å². The molecule has 1 aromatic heterocycles. The third-order valence-electron chi connectivity index (χ3n) is 2.59.